The summed E-state index contributed by atoms with van der Waals surface area (Å²) in [5.41, 5.74) is 0.182. The van der Waals surface area contributed by atoms with Crippen LogP contribution in [0.25, 0.3) is 0 Å². The van der Waals surface area contributed by atoms with Crippen molar-refractivity contribution < 1.29 is 9.53 Å². The fourth-order valence-electron chi connectivity index (χ4n) is 3.64. The number of nitrogens with one attached hydrogen (secondary N) is 1. The summed E-state index contributed by atoms with van der Waals surface area (Å²) in [5, 5.41) is 3.47. The smallest absolute Gasteiger partial charge is 0.307 e. The van der Waals surface area contributed by atoms with E-state index in [1.807, 2.05) is 0 Å². The Kier molecular flexibility index (Phi) is 3.46. The summed E-state index contributed by atoms with van der Waals surface area (Å²) in [5.74, 6) is 1.34. The van der Waals surface area contributed by atoms with Crippen LogP contribution in [-0.2, 0) is 9.53 Å². The molecule has 2 heterocycles. The van der Waals surface area contributed by atoms with Crippen LogP contribution in [0.15, 0.2) is 0 Å². The van der Waals surface area contributed by atoms with Crippen molar-refractivity contribution in [3.05, 3.63) is 0 Å². The van der Waals surface area contributed by atoms with Gasteiger partial charge < -0.3 is 10.1 Å². The molecule has 0 amide bonds. The van der Waals surface area contributed by atoms with Crippen LogP contribution in [-0.4, -0.2) is 49.2 Å². The topological polar surface area (TPSA) is 41.6 Å². The minimum Gasteiger partial charge on any atom is -0.469 e. The molecule has 0 bridgehead atoms. The van der Waals surface area contributed by atoms with Gasteiger partial charge in [-0.05, 0) is 39.2 Å². The lowest BCUT2D eigenvalue weighted by atomic mass is 9.84. The highest BCUT2D eigenvalue weighted by Gasteiger charge is 2.50. The summed E-state index contributed by atoms with van der Waals surface area (Å²) in [7, 11) is 1.46. The first-order chi connectivity index (χ1) is 7.96. The van der Waals surface area contributed by atoms with Gasteiger partial charge in [-0.15, -0.1) is 0 Å². The Morgan fingerprint density at radius 2 is 2.24 bits per heavy atom. The van der Waals surface area contributed by atoms with Crippen LogP contribution in [0.4, 0.5) is 0 Å². The number of carbonyl (C=O) groups excluding carboxylic acids is 1. The van der Waals surface area contributed by atoms with Gasteiger partial charge in [0, 0.05) is 24.7 Å². The van der Waals surface area contributed by atoms with E-state index in [0.717, 1.165) is 25.6 Å². The molecule has 0 aromatic rings. The van der Waals surface area contributed by atoms with Gasteiger partial charge in [0.15, 0.2) is 0 Å². The molecule has 0 aromatic heterocycles. The van der Waals surface area contributed by atoms with Crippen LogP contribution < -0.4 is 5.32 Å². The maximum atomic E-state index is 11.4. The fraction of sp³-hybridized carbons (Fsp3) is 0.923. The molecule has 98 valence electrons. The minimum atomic E-state index is -0.108. The molecule has 1 N–H and O–H groups in total. The summed E-state index contributed by atoms with van der Waals surface area (Å²) in [6.07, 6.45) is 0.493. The SMILES string of the molecule is COC(=O)CC(C)N1CC2CNCC2C1(C)C. The second kappa shape index (κ2) is 4.58. The van der Waals surface area contributed by atoms with Crippen molar-refractivity contribution in [3.63, 3.8) is 0 Å². The second-order valence-electron chi connectivity index (χ2n) is 5.96. The molecule has 2 saturated heterocycles. The zero-order valence-electron chi connectivity index (χ0n) is 11.3. The monoisotopic (exact) mass is 240 g/mol. The molecular formula is C13H24N2O2. The van der Waals surface area contributed by atoms with Crippen molar-refractivity contribution in [2.24, 2.45) is 11.8 Å². The van der Waals surface area contributed by atoms with E-state index in [9.17, 15) is 4.79 Å². The molecule has 17 heavy (non-hydrogen) atoms. The van der Waals surface area contributed by atoms with E-state index in [2.05, 4.69) is 31.0 Å². The number of rotatable bonds is 3. The number of fused-ring (bicyclic) bond motifs is 1. The van der Waals surface area contributed by atoms with Gasteiger partial charge >= 0.3 is 5.97 Å². The summed E-state index contributed by atoms with van der Waals surface area (Å²) < 4.78 is 4.76. The van der Waals surface area contributed by atoms with E-state index in [1.54, 1.807) is 0 Å². The summed E-state index contributed by atoms with van der Waals surface area (Å²) in [6, 6.07) is 0.267. The Bertz CT molecular complexity index is 304. The number of likely N-dealkylation sites (tertiary alicyclic amines) is 1. The average Bonchev–Trinajstić information content (AvgIpc) is 2.81. The Balaban J connectivity index is 2.04. The zero-order valence-corrected chi connectivity index (χ0v) is 11.3. The van der Waals surface area contributed by atoms with E-state index in [-0.39, 0.29) is 17.6 Å². The highest BCUT2D eigenvalue weighted by atomic mass is 16.5. The normalized spacial score (nSPS) is 33.4. The largest absolute Gasteiger partial charge is 0.469 e. The molecule has 2 aliphatic rings. The van der Waals surface area contributed by atoms with E-state index in [4.69, 9.17) is 4.74 Å². The number of hydrogen-bond acceptors (Lipinski definition) is 4. The van der Waals surface area contributed by atoms with Gasteiger partial charge in [-0.2, -0.15) is 0 Å². The van der Waals surface area contributed by atoms with Gasteiger partial charge in [0.25, 0.3) is 0 Å². The number of carbonyl (C=O) groups is 1. The lowest BCUT2D eigenvalue weighted by Crippen LogP contribution is -2.49. The third kappa shape index (κ3) is 2.20. The first kappa shape index (κ1) is 12.8. The summed E-state index contributed by atoms with van der Waals surface area (Å²) in [4.78, 5) is 13.9. The maximum absolute atomic E-state index is 11.4. The van der Waals surface area contributed by atoms with Crippen molar-refractivity contribution in [1.82, 2.24) is 10.2 Å². The molecule has 0 spiro atoms. The third-order valence-corrected chi connectivity index (χ3v) is 4.64. The second-order valence-corrected chi connectivity index (χ2v) is 5.96. The number of nitrogens with zero attached hydrogens (tertiary/aromatic N) is 1. The van der Waals surface area contributed by atoms with Gasteiger partial charge in [-0.25, -0.2) is 0 Å². The van der Waals surface area contributed by atoms with E-state index in [1.165, 1.54) is 7.11 Å². The third-order valence-electron chi connectivity index (χ3n) is 4.64. The number of ether oxygens (including phenoxy) is 1. The molecule has 2 rings (SSSR count). The van der Waals surface area contributed by atoms with Gasteiger partial charge in [-0.3, -0.25) is 9.69 Å². The molecule has 4 heteroatoms. The van der Waals surface area contributed by atoms with E-state index >= 15 is 0 Å². The predicted octanol–water partition coefficient (Wildman–Crippen LogP) is 0.868. The fourth-order valence-corrected chi connectivity index (χ4v) is 3.64. The van der Waals surface area contributed by atoms with Gasteiger partial charge in [0.1, 0.15) is 0 Å². The lowest BCUT2D eigenvalue weighted by molar-refractivity contribution is -0.142. The number of methoxy groups -OCH3 is 1. The standard InChI is InChI=1S/C13H24N2O2/c1-9(5-12(16)17-4)15-8-10-6-14-7-11(10)13(15,2)3/h9-11,14H,5-8H2,1-4H3. The predicted molar refractivity (Wildman–Crippen MR) is 66.7 cm³/mol. The molecular weight excluding hydrogens is 216 g/mol. The van der Waals surface area contributed by atoms with Crippen molar-refractivity contribution >= 4 is 5.97 Å². The summed E-state index contributed by atoms with van der Waals surface area (Å²) >= 11 is 0. The van der Waals surface area contributed by atoms with Gasteiger partial charge in [-0.1, -0.05) is 0 Å². The number of esters is 1. The quantitative estimate of drug-likeness (QED) is 0.743. The van der Waals surface area contributed by atoms with E-state index < -0.39 is 0 Å². The molecule has 3 unspecified atom stereocenters. The molecule has 0 aromatic carbocycles. The molecule has 0 radical (unpaired) electrons. The van der Waals surface area contributed by atoms with Crippen LogP contribution in [0.1, 0.15) is 27.2 Å². The van der Waals surface area contributed by atoms with Gasteiger partial charge in [0.05, 0.1) is 13.5 Å². The molecule has 3 atom stereocenters. The van der Waals surface area contributed by atoms with Crippen molar-refractivity contribution in [2.45, 2.75) is 38.8 Å². The Morgan fingerprint density at radius 1 is 1.53 bits per heavy atom. The maximum Gasteiger partial charge on any atom is 0.307 e. The highest BCUT2D eigenvalue weighted by molar-refractivity contribution is 5.69. The van der Waals surface area contributed by atoms with Crippen LogP contribution in [0.3, 0.4) is 0 Å². The Labute approximate surface area is 104 Å². The molecule has 2 fully saturated rings. The van der Waals surface area contributed by atoms with Gasteiger partial charge in [0.2, 0.25) is 0 Å². The Hall–Kier alpha value is -0.610. The van der Waals surface area contributed by atoms with Crippen LogP contribution >= 0.6 is 0 Å². The highest BCUT2D eigenvalue weighted by Crippen LogP contribution is 2.42. The minimum absolute atomic E-state index is 0.108. The van der Waals surface area contributed by atoms with Crippen molar-refractivity contribution in [3.8, 4) is 0 Å². The number of hydrogen-bond donors (Lipinski definition) is 1. The molecule has 2 aliphatic heterocycles. The lowest BCUT2D eigenvalue weighted by Gasteiger charge is -2.39. The first-order valence-corrected chi connectivity index (χ1v) is 6.51. The van der Waals surface area contributed by atoms with Crippen LogP contribution in [0.5, 0.6) is 0 Å². The van der Waals surface area contributed by atoms with E-state index in [0.29, 0.717) is 12.3 Å². The molecule has 0 aliphatic carbocycles. The molecule has 4 nitrogen and oxygen atoms in total. The average molecular weight is 240 g/mol. The van der Waals surface area contributed by atoms with Crippen molar-refractivity contribution in [1.29, 1.82) is 0 Å². The molecule has 0 saturated carbocycles. The first-order valence-electron chi connectivity index (χ1n) is 6.51. The van der Waals surface area contributed by atoms with Crippen LogP contribution in [0, 0.1) is 11.8 Å². The summed E-state index contributed by atoms with van der Waals surface area (Å²) in [6.45, 7) is 10.1. The Morgan fingerprint density at radius 3 is 2.82 bits per heavy atom. The zero-order chi connectivity index (χ0) is 12.6. The van der Waals surface area contributed by atoms with Crippen LogP contribution in [0.2, 0.25) is 0 Å². The van der Waals surface area contributed by atoms with Crippen molar-refractivity contribution in [2.75, 3.05) is 26.7 Å².